The van der Waals surface area contributed by atoms with Crippen molar-refractivity contribution < 1.29 is 28.8 Å². The third-order valence-electron chi connectivity index (χ3n) is 2.19. The van der Waals surface area contributed by atoms with E-state index in [0.717, 1.165) is 0 Å². The Kier molecular flexibility index (Phi) is 4.85. The highest BCUT2D eigenvalue weighted by Gasteiger charge is 2.29. The minimum absolute atomic E-state index is 0.135. The summed E-state index contributed by atoms with van der Waals surface area (Å²) >= 11 is 0. The highest BCUT2D eigenvalue weighted by molar-refractivity contribution is 7.46. The second-order valence-electron chi connectivity index (χ2n) is 3.38. The van der Waals surface area contributed by atoms with E-state index in [2.05, 4.69) is 9.84 Å². The molecule has 1 heterocycles. The van der Waals surface area contributed by atoms with E-state index in [1.807, 2.05) is 0 Å². The summed E-state index contributed by atoms with van der Waals surface area (Å²) in [6.45, 7) is 0.217. The molecule has 8 nitrogen and oxygen atoms in total. The molecule has 0 aromatic carbocycles. The lowest BCUT2D eigenvalue weighted by Crippen LogP contribution is -2.57. The molecule has 1 aliphatic heterocycles. The van der Waals surface area contributed by atoms with Gasteiger partial charge in [-0.05, 0) is 0 Å². The van der Waals surface area contributed by atoms with E-state index in [1.54, 1.807) is 0 Å². The van der Waals surface area contributed by atoms with Gasteiger partial charge in [-0.25, -0.2) is 4.57 Å². The van der Waals surface area contributed by atoms with Crippen molar-refractivity contribution in [1.29, 1.82) is 0 Å². The predicted octanol–water partition coefficient (Wildman–Crippen LogP) is -2.11. The van der Waals surface area contributed by atoms with Crippen LogP contribution in [-0.4, -0.2) is 64.6 Å². The fraction of sp³-hybridized carbons (Fsp3) is 0.857. The van der Waals surface area contributed by atoms with E-state index in [0.29, 0.717) is 6.54 Å². The van der Waals surface area contributed by atoms with Gasteiger partial charge in [-0.1, -0.05) is 0 Å². The minimum Gasteiger partial charge on any atom is -0.395 e. The molecule has 9 heteroatoms. The van der Waals surface area contributed by atoms with Crippen molar-refractivity contribution in [3.8, 4) is 0 Å². The number of aliphatic hydroxyl groups is 1. The Bertz CT molecular complexity index is 293. The summed E-state index contributed by atoms with van der Waals surface area (Å²) < 4.78 is 14.9. The maximum Gasteiger partial charge on any atom is 0.469 e. The Balaban J connectivity index is 2.54. The average molecular weight is 254 g/mol. The van der Waals surface area contributed by atoms with Crippen LogP contribution < -0.4 is 5.32 Å². The van der Waals surface area contributed by atoms with Crippen LogP contribution >= 0.6 is 7.82 Å². The van der Waals surface area contributed by atoms with Crippen LogP contribution in [0.5, 0.6) is 0 Å². The number of β-amino-alcohol motifs (C(OH)–C–C–N with tert-alkyl or cyclic N) is 1. The standard InChI is InChI=1S/C7H15N2O6P/c10-2-1-9-6(3-8-4-7(9)11)5-15-16(12,13)14/h6,8,10H,1-5H2,(H2,12,13,14). The first-order valence-electron chi connectivity index (χ1n) is 4.75. The average Bonchev–Trinajstić information content (AvgIpc) is 2.18. The molecule has 1 saturated heterocycles. The van der Waals surface area contributed by atoms with Crippen LogP contribution in [0.4, 0.5) is 0 Å². The Morgan fingerprint density at radius 1 is 1.56 bits per heavy atom. The summed E-state index contributed by atoms with van der Waals surface area (Å²) in [5.41, 5.74) is 0. The molecule has 94 valence electrons. The molecule has 16 heavy (non-hydrogen) atoms. The molecule has 0 aromatic heterocycles. The van der Waals surface area contributed by atoms with Crippen LogP contribution in [0.3, 0.4) is 0 Å². The number of rotatable bonds is 5. The van der Waals surface area contributed by atoms with Crippen LogP contribution in [0, 0.1) is 0 Å². The molecule has 0 aromatic rings. The molecule has 1 aliphatic rings. The van der Waals surface area contributed by atoms with Crippen LogP contribution in [0.1, 0.15) is 0 Å². The monoisotopic (exact) mass is 254 g/mol. The van der Waals surface area contributed by atoms with Gasteiger partial charge in [0.05, 0.1) is 25.8 Å². The lowest BCUT2D eigenvalue weighted by molar-refractivity contribution is -0.136. The number of carbonyl (C=O) groups excluding carboxylic acids is 1. The number of carbonyl (C=O) groups is 1. The van der Waals surface area contributed by atoms with Gasteiger partial charge in [-0.2, -0.15) is 0 Å². The van der Waals surface area contributed by atoms with Crippen molar-refractivity contribution in [2.75, 3.05) is 32.8 Å². The maximum absolute atomic E-state index is 11.4. The van der Waals surface area contributed by atoms with E-state index in [4.69, 9.17) is 14.9 Å². The molecule has 1 fully saturated rings. The van der Waals surface area contributed by atoms with E-state index in [9.17, 15) is 9.36 Å². The molecule has 0 spiro atoms. The first kappa shape index (κ1) is 13.6. The Hall–Kier alpha value is -0.500. The number of hydrogen-bond acceptors (Lipinski definition) is 5. The summed E-state index contributed by atoms with van der Waals surface area (Å²) in [7, 11) is -4.53. The minimum atomic E-state index is -4.53. The molecule has 0 saturated carbocycles. The smallest absolute Gasteiger partial charge is 0.395 e. The van der Waals surface area contributed by atoms with Crippen LogP contribution in [0.2, 0.25) is 0 Å². The van der Waals surface area contributed by atoms with Crippen molar-refractivity contribution in [2.45, 2.75) is 6.04 Å². The quantitative estimate of drug-likeness (QED) is 0.414. The highest BCUT2D eigenvalue weighted by atomic mass is 31.2. The number of amides is 1. The van der Waals surface area contributed by atoms with E-state index in [1.165, 1.54) is 4.90 Å². The van der Waals surface area contributed by atoms with Crippen LogP contribution in [0.25, 0.3) is 0 Å². The number of piperazine rings is 1. The lowest BCUT2D eigenvalue weighted by atomic mass is 10.2. The van der Waals surface area contributed by atoms with Crippen LogP contribution in [-0.2, 0) is 13.9 Å². The summed E-state index contributed by atoms with van der Waals surface area (Å²) in [5, 5.41) is 11.6. The van der Waals surface area contributed by atoms with Gasteiger partial charge in [0, 0.05) is 13.1 Å². The summed E-state index contributed by atoms with van der Waals surface area (Å²) in [4.78, 5) is 29.9. The molecule has 0 bridgehead atoms. The first-order valence-corrected chi connectivity index (χ1v) is 6.28. The first-order chi connectivity index (χ1) is 7.44. The van der Waals surface area contributed by atoms with Gasteiger partial charge in [-0.15, -0.1) is 0 Å². The maximum atomic E-state index is 11.4. The Labute approximate surface area is 92.4 Å². The highest BCUT2D eigenvalue weighted by Crippen LogP contribution is 2.36. The molecule has 1 unspecified atom stereocenters. The zero-order chi connectivity index (χ0) is 12.2. The van der Waals surface area contributed by atoms with Gasteiger partial charge in [0.2, 0.25) is 5.91 Å². The number of hydrogen-bond donors (Lipinski definition) is 4. The second kappa shape index (κ2) is 5.72. The number of nitrogens with zero attached hydrogens (tertiary/aromatic N) is 1. The van der Waals surface area contributed by atoms with Crippen molar-refractivity contribution in [2.24, 2.45) is 0 Å². The van der Waals surface area contributed by atoms with Gasteiger partial charge in [-0.3, -0.25) is 9.32 Å². The summed E-state index contributed by atoms with van der Waals surface area (Å²) in [5.74, 6) is -0.223. The molecule has 1 atom stereocenters. The van der Waals surface area contributed by atoms with Gasteiger partial charge in [0.25, 0.3) is 0 Å². The third-order valence-corrected chi connectivity index (χ3v) is 2.68. The number of phosphoric ester groups is 1. The largest absolute Gasteiger partial charge is 0.469 e. The molecule has 0 aliphatic carbocycles. The predicted molar refractivity (Wildman–Crippen MR) is 53.5 cm³/mol. The zero-order valence-electron chi connectivity index (χ0n) is 8.57. The van der Waals surface area contributed by atoms with Crippen molar-refractivity contribution in [3.63, 3.8) is 0 Å². The third kappa shape index (κ3) is 4.17. The Morgan fingerprint density at radius 3 is 2.81 bits per heavy atom. The van der Waals surface area contributed by atoms with Gasteiger partial charge < -0.3 is 25.1 Å². The number of nitrogens with one attached hydrogen (secondary N) is 1. The molecular formula is C7H15N2O6P. The topological polar surface area (TPSA) is 119 Å². The zero-order valence-corrected chi connectivity index (χ0v) is 9.47. The number of aliphatic hydroxyl groups excluding tert-OH is 1. The number of phosphoric acid groups is 1. The second-order valence-corrected chi connectivity index (χ2v) is 4.62. The summed E-state index contributed by atoms with van der Waals surface area (Å²) in [6, 6.07) is -0.471. The van der Waals surface area contributed by atoms with E-state index < -0.39 is 13.9 Å². The SMILES string of the molecule is O=C1CNCC(COP(=O)(O)O)N1CCO. The van der Waals surface area contributed by atoms with E-state index >= 15 is 0 Å². The van der Waals surface area contributed by atoms with Gasteiger partial charge in [0.15, 0.2) is 0 Å². The van der Waals surface area contributed by atoms with Gasteiger partial charge in [0.1, 0.15) is 0 Å². The molecular weight excluding hydrogens is 239 g/mol. The van der Waals surface area contributed by atoms with Crippen molar-refractivity contribution >= 4 is 13.7 Å². The van der Waals surface area contributed by atoms with Crippen molar-refractivity contribution in [1.82, 2.24) is 10.2 Å². The fourth-order valence-corrected chi connectivity index (χ4v) is 1.87. The fourth-order valence-electron chi connectivity index (χ4n) is 1.51. The van der Waals surface area contributed by atoms with E-state index in [-0.39, 0.29) is 32.2 Å². The van der Waals surface area contributed by atoms with Crippen molar-refractivity contribution in [3.05, 3.63) is 0 Å². The van der Waals surface area contributed by atoms with Gasteiger partial charge >= 0.3 is 7.82 Å². The molecule has 4 N–H and O–H groups in total. The lowest BCUT2D eigenvalue weighted by Gasteiger charge is -2.35. The summed E-state index contributed by atoms with van der Waals surface area (Å²) in [6.07, 6.45) is 0. The molecule has 1 rings (SSSR count). The van der Waals surface area contributed by atoms with Crippen LogP contribution in [0.15, 0.2) is 0 Å². The molecule has 1 amide bonds. The molecule has 0 radical (unpaired) electrons. The normalized spacial score (nSPS) is 22.6. The Morgan fingerprint density at radius 2 is 2.25 bits per heavy atom.